The molecule has 3 rings (SSSR count). The molecule has 0 spiro atoms. The Kier molecular flexibility index (Phi) is 6.28. The molecule has 0 aromatic heterocycles. The molecule has 0 radical (unpaired) electrons. The van der Waals surface area contributed by atoms with Gasteiger partial charge in [-0.2, -0.15) is 0 Å². The first-order chi connectivity index (χ1) is 13.4. The number of aliphatic hydroxyl groups is 1. The average molecular weight is 413 g/mol. The predicted molar refractivity (Wildman–Crippen MR) is 124 cm³/mol. The molecule has 2 fully saturated rings. The van der Waals surface area contributed by atoms with E-state index in [1.165, 1.54) is 12.8 Å². The number of rotatable bonds is 3. The first kappa shape index (κ1) is 22.4. The van der Waals surface area contributed by atoms with Crippen LogP contribution >= 0.6 is 0 Å². The maximum absolute atomic E-state index is 10.5. The highest BCUT2D eigenvalue weighted by atomic mass is 28.4. The first-order valence-electron chi connectivity index (χ1n) is 11.4. The van der Waals surface area contributed by atoms with Gasteiger partial charge in [-0.05, 0) is 85.3 Å². The third-order valence-corrected chi connectivity index (χ3v) is 12.6. The van der Waals surface area contributed by atoms with Crippen molar-refractivity contribution in [3.63, 3.8) is 0 Å². The molecular formula is C26H40O2Si. The Hall–Kier alpha value is -1.24. The van der Waals surface area contributed by atoms with Gasteiger partial charge >= 0.3 is 0 Å². The van der Waals surface area contributed by atoms with Crippen molar-refractivity contribution in [1.82, 2.24) is 0 Å². The third kappa shape index (κ3) is 4.59. The Labute approximate surface area is 179 Å². The highest BCUT2D eigenvalue weighted by Crippen LogP contribution is 2.57. The van der Waals surface area contributed by atoms with Crippen LogP contribution in [0, 0.1) is 35.0 Å². The van der Waals surface area contributed by atoms with E-state index in [0.29, 0.717) is 17.8 Å². The number of fused-ring (bicyclic) bond motifs is 1. The van der Waals surface area contributed by atoms with E-state index in [4.69, 9.17) is 4.43 Å². The summed E-state index contributed by atoms with van der Waals surface area (Å²) < 4.78 is 6.38. The summed E-state index contributed by atoms with van der Waals surface area (Å²) in [5.41, 5.74) is 1.31. The Morgan fingerprint density at radius 3 is 2.41 bits per heavy atom. The van der Waals surface area contributed by atoms with Crippen molar-refractivity contribution in [2.24, 2.45) is 23.2 Å². The molecule has 160 valence electrons. The lowest BCUT2D eigenvalue weighted by molar-refractivity contribution is -0.0224. The van der Waals surface area contributed by atoms with Gasteiger partial charge < -0.3 is 9.53 Å². The van der Waals surface area contributed by atoms with Gasteiger partial charge in [0.1, 0.15) is 5.75 Å². The van der Waals surface area contributed by atoms with Crippen LogP contribution in [0.25, 0.3) is 0 Å². The van der Waals surface area contributed by atoms with Crippen molar-refractivity contribution in [2.75, 3.05) is 0 Å². The molecule has 3 heteroatoms. The number of hydrogen-bond donors (Lipinski definition) is 1. The molecular weight excluding hydrogens is 372 g/mol. The van der Waals surface area contributed by atoms with E-state index in [1.54, 1.807) is 0 Å². The Morgan fingerprint density at radius 2 is 1.79 bits per heavy atom. The quantitative estimate of drug-likeness (QED) is 0.445. The zero-order chi connectivity index (χ0) is 21.4. The molecule has 0 amide bonds. The van der Waals surface area contributed by atoms with Crippen LogP contribution in [0.4, 0.5) is 0 Å². The summed E-state index contributed by atoms with van der Waals surface area (Å²) in [5, 5.41) is 10.7. The van der Waals surface area contributed by atoms with E-state index in [-0.39, 0.29) is 16.6 Å². The largest absolute Gasteiger partial charge is 0.544 e. The fourth-order valence-corrected chi connectivity index (χ4v) is 6.39. The molecule has 1 aromatic carbocycles. The molecule has 0 unspecified atom stereocenters. The van der Waals surface area contributed by atoms with Gasteiger partial charge in [0, 0.05) is 11.5 Å². The zero-order valence-electron chi connectivity index (χ0n) is 19.5. The van der Waals surface area contributed by atoms with E-state index in [2.05, 4.69) is 83.8 Å². The lowest BCUT2D eigenvalue weighted by Gasteiger charge is -2.44. The summed E-state index contributed by atoms with van der Waals surface area (Å²) in [6.45, 7) is 16.0. The maximum atomic E-state index is 10.5. The van der Waals surface area contributed by atoms with Gasteiger partial charge in [-0.3, -0.25) is 0 Å². The molecule has 0 aliphatic heterocycles. The molecule has 5 atom stereocenters. The van der Waals surface area contributed by atoms with E-state index in [1.807, 2.05) is 0 Å². The van der Waals surface area contributed by atoms with Gasteiger partial charge in [0.05, 0.1) is 6.10 Å². The van der Waals surface area contributed by atoms with Crippen molar-refractivity contribution >= 4 is 8.32 Å². The molecule has 0 saturated heterocycles. The number of benzene rings is 1. The molecule has 2 nitrogen and oxygen atoms in total. The highest BCUT2D eigenvalue weighted by Gasteiger charge is 2.52. The molecule has 2 saturated carbocycles. The van der Waals surface area contributed by atoms with Crippen molar-refractivity contribution in [1.29, 1.82) is 0 Å². The van der Waals surface area contributed by atoms with Crippen LogP contribution in [0.2, 0.25) is 18.1 Å². The van der Waals surface area contributed by atoms with Crippen LogP contribution in [0.15, 0.2) is 24.3 Å². The van der Waals surface area contributed by atoms with Crippen LogP contribution < -0.4 is 4.43 Å². The fourth-order valence-electron chi connectivity index (χ4n) is 5.36. The second-order valence-corrected chi connectivity index (χ2v) is 15.9. The van der Waals surface area contributed by atoms with Crippen molar-refractivity contribution in [3.8, 4) is 17.6 Å². The van der Waals surface area contributed by atoms with E-state index in [0.717, 1.165) is 30.6 Å². The van der Waals surface area contributed by atoms with Gasteiger partial charge in [0.15, 0.2) is 0 Å². The third-order valence-electron chi connectivity index (χ3n) is 8.24. The average Bonchev–Trinajstić information content (AvgIpc) is 2.98. The Balaban J connectivity index is 1.67. The van der Waals surface area contributed by atoms with Crippen molar-refractivity contribution in [2.45, 2.75) is 91.0 Å². The molecule has 0 bridgehead atoms. The smallest absolute Gasteiger partial charge is 0.250 e. The highest BCUT2D eigenvalue weighted by molar-refractivity contribution is 6.74. The SMILES string of the molecule is C[C@H](C#Cc1ccc(O[Si](C)(C)C(C)(C)C)cc1)[C@H]1CC[C@H]2[C@@H](O)CCC[C@]12C. The lowest BCUT2D eigenvalue weighted by atomic mass is 9.62. The van der Waals surface area contributed by atoms with Gasteiger partial charge in [0.25, 0.3) is 0 Å². The summed E-state index contributed by atoms with van der Waals surface area (Å²) in [4.78, 5) is 0. The van der Waals surface area contributed by atoms with Crippen LogP contribution in [0.3, 0.4) is 0 Å². The van der Waals surface area contributed by atoms with Gasteiger partial charge in [-0.25, -0.2) is 0 Å². The van der Waals surface area contributed by atoms with Crippen molar-refractivity contribution < 1.29 is 9.53 Å². The first-order valence-corrected chi connectivity index (χ1v) is 14.3. The van der Waals surface area contributed by atoms with Gasteiger partial charge in [-0.15, -0.1) is 0 Å². The van der Waals surface area contributed by atoms with Crippen LogP contribution in [-0.4, -0.2) is 19.5 Å². The molecule has 1 aromatic rings. The van der Waals surface area contributed by atoms with E-state index in [9.17, 15) is 5.11 Å². The zero-order valence-corrected chi connectivity index (χ0v) is 20.5. The van der Waals surface area contributed by atoms with E-state index < -0.39 is 8.32 Å². The second-order valence-electron chi connectivity index (χ2n) is 11.2. The minimum absolute atomic E-state index is 0.104. The van der Waals surface area contributed by atoms with E-state index >= 15 is 0 Å². The minimum Gasteiger partial charge on any atom is -0.544 e. The standard InChI is InChI=1S/C26H40O2Si/c1-19(22-16-17-23-24(27)9-8-18-26(22,23)5)10-11-20-12-14-21(15-13-20)28-29(6,7)25(2,3)4/h12-15,19,22-24,27H,8-9,16-18H2,1-7H3/t19-,22-,23+,24+,26-/m1/s1. The van der Waals surface area contributed by atoms with Crippen molar-refractivity contribution in [3.05, 3.63) is 29.8 Å². The fraction of sp³-hybridized carbons (Fsp3) is 0.692. The van der Waals surface area contributed by atoms with Crippen LogP contribution in [-0.2, 0) is 0 Å². The summed E-state index contributed by atoms with van der Waals surface area (Å²) >= 11 is 0. The van der Waals surface area contributed by atoms with Gasteiger partial charge in [-0.1, -0.05) is 52.9 Å². The summed E-state index contributed by atoms with van der Waals surface area (Å²) in [6.07, 6.45) is 5.63. The summed E-state index contributed by atoms with van der Waals surface area (Å²) in [6, 6.07) is 8.32. The second kappa shape index (κ2) is 8.12. The van der Waals surface area contributed by atoms with Gasteiger partial charge in [0.2, 0.25) is 8.32 Å². The lowest BCUT2D eigenvalue weighted by Crippen LogP contribution is -2.43. The molecule has 2 aliphatic rings. The molecule has 29 heavy (non-hydrogen) atoms. The molecule has 1 N–H and O–H groups in total. The minimum atomic E-state index is -1.80. The summed E-state index contributed by atoms with van der Waals surface area (Å²) in [5.74, 6) is 9.33. The molecule has 2 aliphatic carbocycles. The summed E-state index contributed by atoms with van der Waals surface area (Å²) in [7, 11) is -1.80. The van der Waals surface area contributed by atoms with Crippen LogP contribution in [0.1, 0.15) is 72.3 Å². The maximum Gasteiger partial charge on any atom is 0.250 e. The molecule has 0 heterocycles. The topological polar surface area (TPSA) is 29.5 Å². The normalized spacial score (nSPS) is 30.8. The number of hydrogen-bond acceptors (Lipinski definition) is 2. The van der Waals surface area contributed by atoms with Crippen LogP contribution in [0.5, 0.6) is 5.75 Å². The Morgan fingerprint density at radius 1 is 1.14 bits per heavy atom. The Bertz CT molecular complexity index is 765. The predicted octanol–water partition coefficient (Wildman–Crippen LogP) is 6.64. The monoisotopic (exact) mass is 412 g/mol. The number of aliphatic hydroxyl groups excluding tert-OH is 1.